The van der Waals surface area contributed by atoms with Gasteiger partial charge in [-0.05, 0) is 37.1 Å². The summed E-state index contributed by atoms with van der Waals surface area (Å²) in [6, 6.07) is 9.53. The van der Waals surface area contributed by atoms with Crippen LogP contribution in [0.15, 0.2) is 53.1 Å². The minimum atomic E-state index is 0.207. The Bertz CT molecular complexity index is 962. The summed E-state index contributed by atoms with van der Waals surface area (Å²) < 4.78 is 8.05. The van der Waals surface area contributed by atoms with Crippen LogP contribution in [-0.2, 0) is 11.3 Å². The van der Waals surface area contributed by atoms with E-state index in [2.05, 4.69) is 14.9 Å². The maximum absolute atomic E-state index is 6.23. The minimum Gasteiger partial charge on any atom is -0.376 e. The molecule has 1 aromatic carbocycles. The lowest BCUT2D eigenvalue weighted by Crippen LogP contribution is -2.24. The first-order valence-electron chi connectivity index (χ1n) is 8.41. The number of ether oxygens (including phenoxy) is 1. The predicted molar refractivity (Wildman–Crippen MR) is 106 cm³/mol. The first-order chi connectivity index (χ1) is 12.7. The third kappa shape index (κ3) is 3.86. The highest BCUT2D eigenvalue weighted by Crippen LogP contribution is 2.29. The Labute approximate surface area is 165 Å². The van der Waals surface area contributed by atoms with Gasteiger partial charge in [0, 0.05) is 23.7 Å². The van der Waals surface area contributed by atoms with E-state index < -0.39 is 0 Å². The summed E-state index contributed by atoms with van der Waals surface area (Å²) in [6.07, 6.45) is 5.88. The molecule has 1 fully saturated rings. The Morgan fingerprint density at radius 1 is 1.27 bits per heavy atom. The molecule has 0 spiro atoms. The van der Waals surface area contributed by atoms with Gasteiger partial charge in [0.15, 0.2) is 4.80 Å². The summed E-state index contributed by atoms with van der Waals surface area (Å²) in [7, 11) is 0. The summed E-state index contributed by atoms with van der Waals surface area (Å²) in [4.78, 5) is 9.83. The van der Waals surface area contributed by atoms with Crippen LogP contribution >= 0.6 is 34.5 Å². The van der Waals surface area contributed by atoms with Gasteiger partial charge in [-0.1, -0.05) is 29.3 Å². The van der Waals surface area contributed by atoms with Crippen molar-refractivity contribution < 1.29 is 4.74 Å². The van der Waals surface area contributed by atoms with Crippen LogP contribution in [0.4, 0.5) is 5.69 Å². The molecule has 3 heterocycles. The molecular weight excluding hydrogens is 389 g/mol. The van der Waals surface area contributed by atoms with E-state index in [-0.39, 0.29) is 6.10 Å². The van der Waals surface area contributed by atoms with Crippen molar-refractivity contribution in [3.05, 3.63) is 63.0 Å². The Hall–Kier alpha value is -1.66. The van der Waals surface area contributed by atoms with Gasteiger partial charge in [-0.15, -0.1) is 11.3 Å². The zero-order valence-corrected chi connectivity index (χ0v) is 16.3. The molecule has 3 aromatic rings. The number of hydrogen-bond acceptors (Lipinski definition) is 4. The SMILES string of the molecule is Clc1ccc(-c2csc(=Nc3cccnc3)n2CC2CCCO2)cc1Cl. The van der Waals surface area contributed by atoms with E-state index >= 15 is 0 Å². The molecule has 1 saturated heterocycles. The molecule has 0 aliphatic carbocycles. The molecule has 134 valence electrons. The van der Waals surface area contributed by atoms with Crippen molar-refractivity contribution in [1.82, 2.24) is 9.55 Å². The number of pyridine rings is 1. The standard InChI is InChI=1S/C19H17Cl2N3OS/c20-16-6-5-13(9-17(16)21)18-12-26-19(23-14-3-1-7-22-10-14)24(18)11-15-4-2-8-25-15/h1,3,5-7,9-10,12,15H,2,4,8,11H2. The lowest BCUT2D eigenvalue weighted by Gasteiger charge is -2.14. The van der Waals surface area contributed by atoms with E-state index in [0.29, 0.717) is 10.0 Å². The van der Waals surface area contributed by atoms with E-state index in [1.807, 2.05) is 30.3 Å². The van der Waals surface area contributed by atoms with Crippen molar-refractivity contribution in [2.75, 3.05) is 6.61 Å². The molecule has 1 aliphatic rings. The van der Waals surface area contributed by atoms with Gasteiger partial charge in [0.25, 0.3) is 0 Å². The maximum atomic E-state index is 6.23. The molecule has 0 saturated carbocycles. The Morgan fingerprint density at radius 3 is 2.92 bits per heavy atom. The van der Waals surface area contributed by atoms with Crippen molar-refractivity contribution in [2.24, 2.45) is 4.99 Å². The number of rotatable bonds is 4. The molecule has 4 rings (SSSR count). The van der Waals surface area contributed by atoms with E-state index in [4.69, 9.17) is 32.9 Å². The number of hydrogen-bond donors (Lipinski definition) is 0. The van der Waals surface area contributed by atoms with Crippen LogP contribution in [0.2, 0.25) is 10.0 Å². The normalized spacial score (nSPS) is 17.8. The van der Waals surface area contributed by atoms with Gasteiger partial charge in [-0.2, -0.15) is 0 Å². The zero-order valence-electron chi connectivity index (χ0n) is 13.9. The molecule has 7 heteroatoms. The third-order valence-corrected chi connectivity index (χ3v) is 5.90. The molecule has 1 aliphatic heterocycles. The fourth-order valence-electron chi connectivity index (χ4n) is 3.00. The van der Waals surface area contributed by atoms with Crippen molar-refractivity contribution in [3.63, 3.8) is 0 Å². The van der Waals surface area contributed by atoms with E-state index in [9.17, 15) is 0 Å². The first-order valence-corrected chi connectivity index (χ1v) is 10.0. The summed E-state index contributed by atoms with van der Waals surface area (Å²) in [5.74, 6) is 0. The summed E-state index contributed by atoms with van der Waals surface area (Å²) in [5, 5.41) is 3.20. The second-order valence-electron chi connectivity index (χ2n) is 6.10. The monoisotopic (exact) mass is 405 g/mol. The highest BCUT2D eigenvalue weighted by Gasteiger charge is 2.19. The van der Waals surface area contributed by atoms with E-state index in [1.165, 1.54) is 0 Å². The van der Waals surface area contributed by atoms with Gasteiger partial charge < -0.3 is 9.30 Å². The maximum Gasteiger partial charge on any atom is 0.190 e. The van der Waals surface area contributed by atoms with Crippen LogP contribution in [0.25, 0.3) is 11.3 Å². The molecule has 1 unspecified atom stereocenters. The van der Waals surface area contributed by atoms with E-state index in [1.54, 1.807) is 23.7 Å². The van der Waals surface area contributed by atoms with Crippen molar-refractivity contribution >= 4 is 40.2 Å². The highest BCUT2D eigenvalue weighted by atomic mass is 35.5. The highest BCUT2D eigenvalue weighted by molar-refractivity contribution is 7.07. The minimum absolute atomic E-state index is 0.207. The van der Waals surface area contributed by atoms with Crippen molar-refractivity contribution in [3.8, 4) is 11.3 Å². The fraction of sp³-hybridized carbons (Fsp3) is 0.263. The summed E-state index contributed by atoms with van der Waals surface area (Å²) >= 11 is 13.9. The molecule has 0 amide bonds. The average molecular weight is 406 g/mol. The van der Waals surface area contributed by atoms with Crippen molar-refractivity contribution in [1.29, 1.82) is 0 Å². The largest absolute Gasteiger partial charge is 0.376 e. The van der Waals surface area contributed by atoms with Gasteiger partial charge in [0.2, 0.25) is 0 Å². The third-order valence-electron chi connectivity index (χ3n) is 4.29. The lowest BCUT2D eigenvalue weighted by molar-refractivity contribution is 0.0968. The summed E-state index contributed by atoms with van der Waals surface area (Å²) in [6.45, 7) is 1.59. The van der Waals surface area contributed by atoms with Crippen LogP contribution in [0, 0.1) is 0 Å². The van der Waals surface area contributed by atoms with Crippen LogP contribution in [0.1, 0.15) is 12.8 Å². The number of nitrogens with zero attached hydrogens (tertiary/aromatic N) is 3. The zero-order chi connectivity index (χ0) is 17.9. The van der Waals surface area contributed by atoms with Gasteiger partial charge in [0.05, 0.1) is 40.3 Å². The van der Waals surface area contributed by atoms with Crippen LogP contribution in [-0.4, -0.2) is 22.3 Å². The Morgan fingerprint density at radius 2 is 2.19 bits per heavy atom. The number of aromatic nitrogens is 2. The van der Waals surface area contributed by atoms with Crippen LogP contribution in [0.3, 0.4) is 0 Å². The topological polar surface area (TPSA) is 39.4 Å². The number of thiazole rings is 1. The Balaban J connectivity index is 1.80. The van der Waals surface area contributed by atoms with Gasteiger partial charge in [0.1, 0.15) is 0 Å². The van der Waals surface area contributed by atoms with Gasteiger partial charge in [-0.25, -0.2) is 4.99 Å². The van der Waals surface area contributed by atoms with Crippen molar-refractivity contribution in [2.45, 2.75) is 25.5 Å². The van der Waals surface area contributed by atoms with Gasteiger partial charge in [-0.3, -0.25) is 4.98 Å². The molecular formula is C19H17Cl2N3OS. The molecule has 4 nitrogen and oxygen atoms in total. The summed E-state index contributed by atoms with van der Waals surface area (Å²) in [5.41, 5.74) is 2.91. The smallest absolute Gasteiger partial charge is 0.190 e. The lowest BCUT2D eigenvalue weighted by atomic mass is 10.1. The predicted octanol–water partition coefficient (Wildman–Crippen LogP) is 5.33. The molecule has 2 aromatic heterocycles. The average Bonchev–Trinajstić information content (AvgIpc) is 3.30. The number of benzene rings is 1. The molecule has 26 heavy (non-hydrogen) atoms. The number of halogens is 2. The second-order valence-corrected chi connectivity index (χ2v) is 7.75. The molecule has 0 radical (unpaired) electrons. The van der Waals surface area contributed by atoms with Crippen LogP contribution in [0.5, 0.6) is 0 Å². The molecule has 1 atom stereocenters. The second kappa shape index (κ2) is 7.92. The fourth-order valence-corrected chi connectivity index (χ4v) is 4.24. The molecule has 0 bridgehead atoms. The van der Waals surface area contributed by atoms with Gasteiger partial charge >= 0.3 is 0 Å². The quantitative estimate of drug-likeness (QED) is 0.588. The molecule has 0 N–H and O–H groups in total. The van der Waals surface area contributed by atoms with E-state index in [0.717, 1.165) is 47.7 Å². The van der Waals surface area contributed by atoms with Crippen LogP contribution < -0.4 is 4.80 Å². The Kier molecular flexibility index (Phi) is 5.41. The first kappa shape index (κ1) is 17.7.